The molecule has 0 saturated heterocycles. The molecule has 6 heteroatoms. The SMILES string of the molecule is COC(=O)c1n[nH]nc1-c1ccc(F)cc1. The third-order valence-electron chi connectivity index (χ3n) is 2.04. The van der Waals surface area contributed by atoms with Crippen LogP contribution in [0.5, 0.6) is 0 Å². The van der Waals surface area contributed by atoms with E-state index in [1.807, 2.05) is 0 Å². The van der Waals surface area contributed by atoms with Crippen LogP contribution in [0.2, 0.25) is 0 Å². The van der Waals surface area contributed by atoms with Crippen molar-refractivity contribution < 1.29 is 13.9 Å². The maximum Gasteiger partial charge on any atom is 0.360 e. The van der Waals surface area contributed by atoms with Crippen LogP contribution in [0, 0.1) is 5.82 Å². The van der Waals surface area contributed by atoms with Gasteiger partial charge in [0.25, 0.3) is 0 Å². The molecule has 2 rings (SSSR count). The van der Waals surface area contributed by atoms with Crippen molar-refractivity contribution in [1.82, 2.24) is 15.4 Å². The van der Waals surface area contributed by atoms with Gasteiger partial charge in [-0.3, -0.25) is 0 Å². The van der Waals surface area contributed by atoms with Gasteiger partial charge in [0, 0.05) is 5.56 Å². The minimum Gasteiger partial charge on any atom is -0.464 e. The Morgan fingerprint density at radius 1 is 1.31 bits per heavy atom. The molecule has 0 radical (unpaired) electrons. The highest BCUT2D eigenvalue weighted by Gasteiger charge is 2.17. The van der Waals surface area contributed by atoms with Crippen LogP contribution >= 0.6 is 0 Å². The molecule has 0 amide bonds. The summed E-state index contributed by atoms with van der Waals surface area (Å²) in [6.07, 6.45) is 0. The number of methoxy groups -OCH3 is 1. The van der Waals surface area contributed by atoms with Crippen molar-refractivity contribution in [3.05, 3.63) is 35.8 Å². The molecule has 1 N–H and O–H groups in total. The Kier molecular flexibility index (Phi) is 2.63. The Balaban J connectivity index is 2.44. The zero-order valence-corrected chi connectivity index (χ0v) is 8.40. The molecule has 16 heavy (non-hydrogen) atoms. The summed E-state index contributed by atoms with van der Waals surface area (Å²) in [6.45, 7) is 0. The number of nitrogens with one attached hydrogen (secondary N) is 1. The van der Waals surface area contributed by atoms with E-state index in [-0.39, 0.29) is 11.5 Å². The predicted octanol–water partition coefficient (Wildman–Crippen LogP) is 1.40. The highest BCUT2D eigenvalue weighted by atomic mass is 19.1. The number of esters is 1. The first-order valence-corrected chi connectivity index (χ1v) is 4.47. The standard InChI is InChI=1S/C10H8FN3O2/c1-16-10(15)9-8(12-14-13-9)6-2-4-7(11)5-3-6/h2-5H,1H3,(H,12,13,14). The molecule has 0 aliphatic heterocycles. The highest BCUT2D eigenvalue weighted by Crippen LogP contribution is 2.20. The normalized spacial score (nSPS) is 10.1. The molecule has 2 aromatic rings. The second kappa shape index (κ2) is 4.09. The van der Waals surface area contributed by atoms with Crippen LogP contribution in [0.15, 0.2) is 24.3 Å². The molecule has 0 atom stereocenters. The fourth-order valence-electron chi connectivity index (χ4n) is 1.28. The summed E-state index contributed by atoms with van der Waals surface area (Å²) >= 11 is 0. The molecule has 0 bridgehead atoms. The first-order valence-electron chi connectivity index (χ1n) is 4.47. The number of hydrogen-bond donors (Lipinski definition) is 1. The number of carbonyl (C=O) groups excluding carboxylic acids is 1. The Labute approximate surface area is 90.2 Å². The van der Waals surface area contributed by atoms with Gasteiger partial charge in [-0.15, -0.1) is 5.10 Å². The van der Waals surface area contributed by atoms with Gasteiger partial charge >= 0.3 is 5.97 Å². The lowest BCUT2D eigenvalue weighted by Crippen LogP contribution is -2.03. The minimum atomic E-state index is -0.590. The van der Waals surface area contributed by atoms with Crippen molar-refractivity contribution in [2.45, 2.75) is 0 Å². The molecule has 1 aromatic carbocycles. The number of rotatable bonds is 2. The average Bonchev–Trinajstić information content (AvgIpc) is 2.78. The van der Waals surface area contributed by atoms with Crippen molar-refractivity contribution in [2.75, 3.05) is 7.11 Å². The molecule has 1 aromatic heterocycles. The van der Waals surface area contributed by atoms with E-state index in [9.17, 15) is 9.18 Å². The Bertz CT molecular complexity index is 507. The fraction of sp³-hybridized carbons (Fsp3) is 0.100. The molecule has 0 unspecified atom stereocenters. The van der Waals surface area contributed by atoms with Gasteiger partial charge in [0.05, 0.1) is 7.11 Å². The predicted molar refractivity (Wildman–Crippen MR) is 53.1 cm³/mol. The largest absolute Gasteiger partial charge is 0.464 e. The molecule has 82 valence electrons. The summed E-state index contributed by atoms with van der Waals surface area (Å²) < 4.78 is 17.3. The summed E-state index contributed by atoms with van der Waals surface area (Å²) in [7, 11) is 1.26. The van der Waals surface area contributed by atoms with Gasteiger partial charge in [0.2, 0.25) is 0 Å². The number of benzene rings is 1. The van der Waals surface area contributed by atoms with Crippen LogP contribution in [-0.2, 0) is 4.74 Å². The Morgan fingerprint density at radius 2 is 2.00 bits per heavy atom. The Hall–Kier alpha value is -2.24. The smallest absolute Gasteiger partial charge is 0.360 e. The summed E-state index contributed by atoms with van der Waals surface area (Å²) in [5.41, 5.74) is 1.01. The molecule has 1 heterocycles. The third kappa shape index (κ3) is 1.77. The first-order chi connectivity index (χ1) is 7.72. The van der Waals surface area contributed by atoms with Crippen LogP contribution in [0.1, 0.15) is 10.5 Å². The van der Waals surface area contributed by atoms with E-state index in [1.54, 1.807) is 0 Å². The van der Waals surface area contributed by atoms with E-state index in [0.717, 1.165) is 0 Å². The number of ether oxygens (including phenoxy) is 1. The first kappa shape index (κ1) is 10.3. The number of carbonyl (C=O) groups is 1. The van der Waals surface area contributed by atoms with Crippen molar-refractivity contribution in [3.8, 4) is 11.3 Å². The topological polar surface area (TPSA) is 67.9 Å². The average molecular weight is 221 g/mol. The number of nitrogens with zero attached hydrogens (tertiary/aromatic N) is 2. The lowest BCUT2D eigenvalue weighted by Gasteiger charge is -1.98. The molecular weight excluding hydrogens is 213 g/mol. The van der Waals surface area contributed by atoms with E-state index in [4.69, 9.17) is 0 Å². The quantitative estimate of drug-likeness (QED) is 0.778. The molecule has 5 nitrogen and oxygen atoms in total. The van der Waals surface area contributed by atoms with E-state index in [2.05, 4.69) is 20.1 Å². The monoisotopic (exact) mass is 221 g/mol. The van der Waals surface area contributed by atoms with Crippen molar-refractivity contribution in [1.29, 1.82) is 0 Å². The molecular formula is C10H8FN3O2. The maximum atomic E-state index is 12.7. The number of H-pyrrole nitrogens is 1. The van der Waals surface area contributed by atoms with E-state index >= 15 is 0 Å². The van der Waals surface area contributed by atoms with Crippen molar-refractivity contribution >= 4 is 5.97 Å². The zero-order valence-electron chi connectivity index (χ0n) is 8.40. The van der Waals surface area contributed by atoms with Crippen LogP contribution in [-0.4, -0.2) is 28.5 Å². The second-order valence-electron chi connectivity index (χ2n) is 3.02. The molecule has 0 aliphatic rings. The van der Waals surface area contributed by atoms with E-state index in [0.29, 0.717) is 11.3 Å². The second-order valence-corrected chi connectivity index (χ2v) is 3.02. The zero-order chi connectivity index (χ0) is 11.5. The van der Waals surface area contributed by atoms with Gasteiger partial charge < -0.3 is 4.74 Å². The van der Waals surface area contributed by atoms with Gasteiger partial charge in [-0.25, -0.2) is 9.18 Å². The lowest BCUT2D eigenvalue weighted by molar-refractivity contribution is 0.0595. The number of halogens is 1. The minimum absolute atomic E-state index is 0.0779. The maximum absolute atomic E-state index is 12.7. The van der Waals surface area contributed by atoms with E-state index < -0.39 is 5.97 Å². The molecule has 0 saturated carbocycles. The highest BCUT2D eigenvalue weighted by molar-refractivity contribution is 5.93. The van der Waals surface area contributed by atoms with Gasteiger partial charge in [-0.05, 0) is 24.3 Å². The summed E-state index contributed by atoms with van der Waals surface area (Å²) in [4.78, 5) is 11.3. The van der Waals surface area contributed by atoms with Crippen molar-refractivity contribution in [3.63, 3.8) is 0 Å². The number of hydrogen-bond acceptors (Lipinski definition) is 4. The van der Waals surface area contributed by atoms with Crippen molar-refractivity contribution in [2.24, 2.45) is 0 Å². The summed E-state index contributed by atoms with van der Waals surface area (Å²) in [6, 6.07) is 5.59. The lowest BCUT2D eigenvalue weighted by atomic mass is 10.1. The van der Waals surface area contributed by atoms with Gasteiger partial charge in [-0.2, -0.15) is 10.3 Å². The molecule has 0 spiro atoms. The van der Waals surface area contributed by atoms with Crippen LogP contribution in [0.3, 0.4) is 0 Å². The van der Waals surface area contributed by atoms with Crippen LogP contribution in [0.4, 0.5) is 4.39 Å². The van der Waals surface area contributed by atoms with Gasteiger partial charge in [0.1, 0.15) is 11.5 Å². The number of aromatic amines is 1. The van der Waals surface area contributed by atoms with E-state index in [1.165, 1.54) is 31.4 Å². The van der Waals surface area contributed by atoms with Crippen LogP contribution < -0.4 is 0 Å². The fourth-order valence-corrected chi connectivity index (χ4v) is 1.28. The number of aromatic nitrogens is 3. The van der Waals surface area contributed by atoms with Crippen LogP contribution in [0.25, 0.3) is 11.3 Å². The Morgan fingerprint density at radius 3 is 2.62 bits per heavy atom. The van der Waals surface area contributed by atoms with Gasteiger partial charge in [-0.1, -0.05) is 0 Å². The summed E-state index contributed by atoms with van der Waals surface area (Å²) in [5, 5.41) is 9.84. The molecule has 0 aliphatic carbocycles. The van der Waals surface area contributed by atoms with Gasteiger partial charge in [0.15, 0.2) is 5.69 Å². The molecule has 0 fully saturated rings. The summed E-state index contributed by atoms with van der Waals surface area (Å²) in [5.74, 6) is -0.945. The third-order valence-corrected chi connectivity index (χ3v) is 2.04.